The molecule has 1 aromatic rings. The molecule has 4 heteroatoms. The molecule has 0 bridgehead atoms. The minimum Gasteiger partial charge on any atom is -0.367 e. The van der Waals surface area contributed by atoms with Crippen molar-refractivity contribution in [3.63, 3.8) is 0 Å². The maximum Gasteiger partial charge on any atom is 0.252 e. The van der Waals surface area contributed by atoms with Crippen molar-refractivity contribution >= 4 is 5.82 Å². The zero-order valence-corrected chi connectivity index (χ0v) is 10.2. The fourth-order valence-corrected chi connectivity index (χ4v) is 2.39. The summed E-state index contributed by atoms with van der Waals surface area (Å²) in [5.41, 5.74) is -0.0368. The molecule has 2 aliphatic carbocycles. The number of aromatic amines is 1. The zero-order chi connectivity index (χ0) is 11.8. The first kappa shape index (κ1) is 10.8. The molecule has 17 heavy (non-hydrogen) atoms. The van der Waals surface area contributed by atoms with Gasteiger partial charge < -0.3 is 10.3 Å². The molecule has 0 aliphatic heterocycles. The second-order valence-corrected chi connectivity index (χ2v) is 5.41. The highest BCUT2D eigenvalue weighted by molar-refractivity contribution is 5.35. The molecule has 92 valence electrons. The molecule has 2 saturated carbocycles. The van der Waals surface area contributed by atoms with Crippen molar-refractivity contribution < 1.29 is 0 Å². The van der Waals surface area contributed by atoms with E-state index in [0.29, 0.717) is 12.0 Å². The summed E-state index contributed by atoms with van der Waals surface area (Å²) in [6.45, 7) is 2.18. The monoisotopic (exact) mass is 233 g/mol. The van der Waals surface area contributed by atoms with Crippen LogP contribution in [-0.4, -0.2) is 16.0 Å². The lowest BCUT2D eigenvalue weighted by atomic mass is 9.80. The van der Waals surface area contributed by atoms with Crippen molar-refractivity contribution in [2.45, 2.75) is 51.0 Å². The minimum atomic E-state index is -0.0368. The Morgan fingerprint density at radius 2 is 2.18 bits per heavy atom. The van der Waals surface area contributed by atoms with E-state index in [2.05, 4.69) is 22.2 Å². The molecular formula is C13H19N3O. The third-order valence-corrected chi connectivity index (χ3v) is 3.96. The Kier molecular flexibility index (Phi) is 2.65. The first-order valence-corrected chi connectivity index (χ1v) is 6.60. The van der Waals surface area contributed by atoms with Crippen LogP contribution in [0.2, 0.25) is 0 Å². The van der Waals surface area contributed by atoms with Gasteiger partial charge in [-0.3, -0.25) is 4.79 Å². The fraction of sp³-hybridized carbons (Fsp3) is 0.692. The predicted octanol–water partition coefficient (Wildman–Crippen LogP) is 2.25. The number of nitrogens with zero attached hydrogens (tertiary/aromatic N) is 1. The van der Waals surface area contributed by atoms with Crippen molar-refractivity contribution in [1.82, 2.24) is 9.97 Å². The molecule has 0 aromatic carbocycles. The highest BCUT2D eigenvalue weighted by atomic mass is 16.1. The molecule has 2 aliphatic rings. The van der Waals surface area contributed by atoms with E-state index in [-0.39, 0.29) is 5.56 Å². The summed E-state index contributed by atoms with van der Waals surface area (Å²) in [5.74, 6) is 2.85. The van der Waals surface area contributed by atoms with Crippen LogP contribution in [0.3, 0.4) is 0 Å². The lowest BCUT2D eigenvalue weighted by Crippen LogP contribution is -2.31. The van der Waals surface area contributed by atoms with Gasteiger partial charge in [-0.2, -0.15) is 0 Å². The van der Waals surface area contributed by atoms with Gasteiger partial charge in [-0.1, -0.05) is 6.42 Å². The highest BCUT2D eigenvalue weighted by Gasteiger charge is 2.27. The van der Waals surface area contributed by atoms with Crippen LogP contribution < -0.4 is 10.9 Å². The van der Waals surface area contributed by atoms with Gasteiger partial charge in [-0.25, -0.2) is 4.98 Å². The SMILES string of the molecule is CC(Nc1cc(=O)[nH]c(C2CC2)n1)C1CCC1. The second kappa shape index (κ2) is 4.17. The van der Waals surface area contributed by atoms with Crippen molar-refractivity contribution in [1.29, 1.82) is 0 Å². The molecular weight excluding hydrogens is 214 g/mol. The number of rotatable bonds is 4. The van der Waals surface area contributed by atoms with Crippen molar-refractivity contribution in [2.24, 2.45) is 5.92 Å². The first-order chi connectivity index (χ1) is 8.22. The lowest BCUT2D eigenvalue weighted by molar-refractivity contribution is 0.285. The number of aromatic nitrogens is 2. The van der Waals surface area contributed by atoms with Gasteiger partial charge in [0.05, 0.1) is 0 Å². The second-order valence-electron chi connectivity index (χ2n) is 5.41. The van der Waals surface area contributed by atoms with Gasteiger partial charge in [-0.15, -0.1) is 0 Å². The van der Waals surface area contributed by atoms with Gasteiger partial charge in [-0.05, 0) is 38.5 Å². The Morgan fingerprint density at radius 3 is 2.76 bits per heavy atom. The van der Waals surface area contributed by atoms with Crippen LogP contribution in [-0.2, 0) is 0 Å². The van der Waals surface area contributed by atoms with Crippen LogP contribution in [0.1, 0.15) is 50.8 Å². The van der Waals surface area contributed by atoms with E-state index in [1.165, 1.54) is 19.3 Å². The fourth-order valence-electron chi connectivity index (χ4n) is 2.39. The van der Waals surface area contributed by atoms with Crippen LogP contribution >= 0.6 is 0 Å². The van der Waals surface area contributed by atoms with Crippen LogP contribution in [0, 0.1) is 5.92 Å². The summed E-state index contributed by atoms with van der Waals surface area (Å²) in [6, 6.07) is 1.99. The van der Waals surface area contributed by atoms with Gasteiger partial charge in [0.25, 0.3) is 5.56 Å². The number of nitrogens with one attached hydrogen (secondary N) is 2. The average Bonchev–Trinajstić information content (AvgIpc) is 2.95. The smallest absolute Gasteiger partial charge is 0.252 e. The standard InChI is InChI=1S/C13H19N3O/c1-8(9-3-2-4-9)14-11-7-12(17)16-13(15-11)10-5-6-10/h7-10H,2-6H2,1H3,(H2,14,15,16,17). The number of H-pyrrole nitrogens is 1. The van der Waals surface area contributed by atoms with Gasteiger partial charge >= 0.3 is 0 Å². The molecule has 0 amide bonds. The van der Waals surface area contributed by atoms with E-state index in [9.17, 15) is 4.79 Å². The largest absolute Gasteiger partial charge is 0.367 e. The van der Waals surface area contributed by atoms with Gasteiger partial charge in [0.15, 0.2) is 0 Å². The van der Waals surface area contributed by atoms with E-state index in [0.717, 1.165) is 30.4 Å². The Labute approximate surface area is 101 Å². The number of hydrogen-bond acceptors (Lipinski definition) is 3. The van der Waals surface area contributed by atoms with E-state index < -0.39 is 0 Å². The molecule has 1 unspecified atom stereocenters. The van der Waals surface area contributed by atoms with E-state index in [1.54, 1.807) is 6.07 Å². The van der Waals surface area contributed by atoms with Crippen LogP contribution in [0.5, 0.6) is 0 Å². The van der Waals surface area contributed by atoms with Crippen LogP contribution in [0.4, 0.5) is 5.82 Å². The van der Waals surface area contributed by atoms with E-state index in [4.69, 9.17) is 0 Å². The predicted molar refractivity (Wildman–Crippen MR) is 67.3 cm³/mol. The first-order valence-electron chi connectivity index (χ1n) is 6.60. The van der Waals surface area contributed by atoms with Crippen molar-refractivity contribution in [3.8, 4) is 0 Å². The van der Waals surface area contributed by atoms with Crippen LogP contribution in [0.25, 0.3) is 0 Å². The summed E-state index contributed by atoms with van der Waals surface area (Å²) >= 11 is 0. The minimum absolute atomic E-state index is 0.0368. The Morgan fingerprint density at radius 1 is 1.41 bits per heavy atom. The quantitative estimate of drug-likeness (QED) is 0.838. The van der Waals surface area contributed by atoms with Gasteiger partial charge in [0.2, 0.25) is 0 Å². The maximum absolute atomic E-state index is 11.5. The summed E-state index contributed by atoms with van der Waals surface area (Å²) < 4.78 is 0. The molecule has 2 fully saturated rings. The molecule has 1 aromatic heterocycles. The Bertz CT molecular complexity index is 460. The molecule has 2 N–H and O–H groups in total. The molecule has 0 radical (unpaired) electrons. The maximum atomic E-state index is 11.5. The highest BCUT2D eigenvalue weighted by Crippen LogP contribution is 2.38. The van der Waals surface area contributed by atoms with Gasteiger partial charge in [0, 0.05) is 18.0 Å². The zero-order valence-electron chi connectivity index (χ0n) is 10.2. The molecule has 4 nitrogen and oxygen atoms in total. The molecule has 1 heterocycles. The third-order valence-electron chi connectivity index (χ3n) is 3.96. The summed E-state index contributed by atoms with van der Waals surface area (Å²) in [4.78, 5) is 18.9. The Hall–Kier alpha value is -1.32. The normalized spacial score (nSPS) is 21.9. The molecule has 1 atom stereocenters. The van der Waals surface area contributed by atoms with Crippen molar-refractivity contribution in [2.75, 3.05) is 5.32 Å². The Balaban J connectivity index is 1.74. The summed E-state index contributed by atoms with van der Waals surface area (Å²) in [5, 5.41) is 3.38. The topological polar surface area (TPSA) is 57.8 Å². The van der Waals surface area contributed by atoms with Gasteiger partial charge in [0.1, 0.15) is 11.6 Å². The number of hydrogen-bond donors (Lipinski definition) is 2. The lowest BCUT2D eigenvalue weighted by Gasteiger charge is -2.32. The summed E-state index contributed by atoms with van der Waals surface area (Å²) in [7, 11) is 0. The van der Waals surface area contributed by atoms with Crippen LogP contribution in [0.15, 0.2) is 10.9 Å². The van der Waals surface area contributed by atoms with E-state index >= 15 is 0 Å². The van der Waals surface area contributed by atoms with E-state index in [1.807, 2.05) is 0 Å². The van der Waals surface area contributed by atoms with Crippen molar-refractivity contribution in [3.05, 3.63) is 22.2 Å². The molecule has 0 saturated heterocycles. The third kappa shape index (κ3) is 2.35. The molecule has 0 spiro atoms. The average molecular weight is 233 g/mol. The summed E-state index contributed by atoms with van der Waals surface area (Å²) in [6.07, 6.45) is 6.25. The molecule has 3 rings (SSSR count). The number of anilines is 1.